The number of hydrogen-bond acceptors (Lipinski definition) is 2. The molecule has 0 radical (unpaired) electrons. The van der Waals surface area contributed by atoms with Gasteiger partial charge in [0.1, 0.15) is 0 Å². The summed E-state index contributed by atoms with van der Waals surface area (Å²) in [6.45, 7) is 2.93. The lowest BCUT2D eigenvalue weighted by Crippen LogP contribution is -2.35. The van der Waals surface area contributed by atoms with Gasteiger partial charge in [0.2, 0.25) is 0 Å². The Morgan fingerprint density at radius 2 is 1.67 bits per heavy atom. The van der Waals surface area contributed by atoms with E-state index in [4.69, 9.17) is 0 Å². The van der Waals surface area contributed by atoms with Crippen molar-refractivity contribution >= 4 is 0 Å². The summed E-state index contributed by atoms with van der Waals surface area (Å²) >= 11 is 0. The van der Waals surface area contributed by atoms with E-state index < -0.39 is 23.7 Å². The molecule has 3 nitrogen and oxygen atoms in total. The van der Waals surface area contributed by atoms with Gasteiger partial charge in [0.05, 0.1) is 5.69 Å². The van der Waals surface area contributed by atoms with Crippen LogP contribution in [0.25, 0.3) is 0 Å². The van der Waals surface area contributed by atoms with E-state index in [9.17, 15) is 22.0 Å². The first-order valence-corrected chi connectivity index (χ1v) is 4.04. The highest BCUT2D eigenvalue weighted by atomic mass is 19.4. The average molecular weight is 229 g/mol. The van der Waals surface area contributed by atoms with Crippen molar-refractivity contribution in [1.82, 2.24) is 15.4 Å². The molecule has 1 heterocycles. The second kappa shape index (κ2) is 3.42. The fraction of sp³-hybridized carbons (Fsp3) is 0.714. The van der Waals surface area contributed by atoms with Crippen LogP contribution >= 0.6 is 0 Å². The molecule has 1 N–H and O–H groups in total. The molecule has 0 unspecified atom stereocenters. The van der Waals surface area contributed by atoms with Crippen molar-refractivity contribution in [2.45, 2.75) is 31.9 Å². The van der Waals surface area contributed by atoms with Crippen LogP contribution in [0.3, 0.4) is 0 Å². The smallest absolute Gasteiger partial charge is 0.262 e. The number of nitrogens with one attached hydrogen (secondary N) is 1. The molecule has 0 saturated heterocycles. The summed E-state index contributed by atoms with van der Waals surface area (Å²) in [6, 6.07) is 0. The summed E-state index contributed by atoms with van der Waals surface area (Å²) in [4.78, 5) is 0. The first kappa shape index (κ1) is 11.9. The van der Waals surface area contributed by atoms with Crippen LogP contribution in [0, 0.1) is 0 Å². The van der Waals surface area contributed by atoms with Crippen LogP contribution in [-0.2, 0) is 5.92 Å². The summed E-state index contributed by atoms with van der Waals surface area (Å²) in [5, 5.41) is 7.81. The monoisotopic (exact) mass is 229 g/mol. The Balaban J connectivity index is 3.21. The number of H-pyrrole nitrogens is 1. The number of alkyl halides is 5. The van der Waals surface area contributed by atoms with E-state index in [-0.39, 0.29) is 5.69 Å². The summed E-state index contributed by atoms with van der Waals surface area (Å²) in [6.07, 6.45) is -5.66. The predicted molar refractivity (Wildman–Crippen MR) is 40.4 cm³/mol. The molecule has 0 amide bonds. The van der Waals surface area contributed by atoms with Crippen LogP contribution < -0.4 is 0 Å². The molecule has 15 heavy (non-hydrogen) atoms. The molecule has 0 spiro atoms. The van der Waals surface area contributed by atoms with E-state index in [2.05, 4.69) is 10.3 Å². The van der Waals surface area contributed by atoms with Crippen LogP contribution in [0.15, 0.2) is 0 Å². The van der Waals surface area contributed by atoms with Crippen molar-refractivity contribution in [2.24, 2.45) is 0 Å². The number of aromatic nitrogens is 3. The van der Waals surface area contributed by atoms with E-state index in [1.807, 2.05) is 5.10 Å². The van der Waals surface area contributed by atoms with Gasteiger partial charge in [0.15, 0.2) is 5.69 Å². The highest BCUT2D eigenvalue weighted by molar-refractivity contribution is 5.19. The Hall–Kier alpha value is -1.21. The molecule has 0 fully saturated rings. The molecule has 0 atom stereocenters. The molecule has 0 aromatic carbocycles. The third kappa shape index (κ3) is 1.93. The van der Waals surface area contributed by atoms with Gasteiger partial charge in [-0.25, -0.2) is 0 Å². The van der Waals surface area contributed by atoms with Crippen LogP contribution in [0.1, 0.15) is 31.2 Å². The first-order chi connectivity index (χ1) is 6.68. The first-order valence-electron chi connectivity index (χ1n) is 4.04. The van der Waals surface area contributed by atoms with Gasteiger partial charge in [0.25, 0.3) is 0 Å². The normalized spacial score (nSPS) is 13.6. The second-order valence-electron chi connectivity index (χ2n) is 3.30. The molecule has 0 aliphatic carbocycles. The minimum atomic E-state index is -5.66. The number of aromatic amines is 1. The summed E-state index contributed by atoms with van der Waals surface area (Å²) in [7, 11) is 0. The van der Waals surface area contributed by atoms with Gasteiger partial charge in [-0.15, -0.1) is 5.10 Å². The highest BCUT2D eigenvalue weighted by Gasteiger charge is 2.61. The van der Waals surface area contributed by atoms with Gasteiger partial charge in [-0.1, -0.05) is 19.1 Å². The minimum Gasteiger partial charge on any atom is -0.262 e. The highest BCUT2D eigenvalue weighted by Crippen LogP contribution is 2.44. The maximum absolute atomic E-state index is 12.9. The topological polar surface area (TPSA) is 41.6 Å². The SMILES string of the molecule is CC(C)c1[nH]nnc1C(F)(F)C(F)(F)F. The van der Waals surface area contributed by atoms with Crippen LogP contribution in [0.5, 0.6) is 0 Å². The zero-order valence-corrected chi connectivity index (χ0v) is 7.86. The molecular weight excluding hydrogens is 221 g/mol. The second-order valence-corrected chi connectivity index (χ2v) is 3.30. The van der Waals surface area contributed by atoms with Gasteiger partial charge in [0, 0.05) is 0 Å². The molecule has 0 aliphatic heterocycles. The fourth-order valence-corrected chi connectivity index (χ4v) is 1.00. The van der Waals surface area contributed by atoms with Crippen molar-refractivity contribution in [3.05, 3.63) is 11.4 Å². The van der Waals surface area contributed by atoms with Crippen molar-refractivity contribution < 1.29 is 22.0 Å². The zero-order valence-electron chi connectivity index (χ0n) is 7.86. The minimum absolute atomic E-state index is 0.308. The standard InChI is InChI=1S/C7H8F5N3/c1-3(2)4-5(14-15-13-4)6(8,9)7(10,11)12/h3H,1-2H3,(H,13,14,15). The fourth-order valence-electron chi connectivity index (χ4n) is 1.00. The number of rotatable bonds is 2. The van der Waals surface area contributed by atoms with E-state index in [1.54, 1.807) is 0 Å². The summed E-state index contributed by atoms with van der Waals surface area (Å²) < 4.78 is 61.8. The van der Waals surface area contributed by atoms with Gasteiger partial charge in [-0.3, -0.25) is 5.10 Å². The Kier molecular flexibility index (Phi) is 2.71. The van der Waals surface area contributed by atoms with E-state index >= 15 is 0 Å². The summed E-state index contributed by atoms with van der Waals surface area (Å²) in [5.74, 6) is -5.51. The molecule has 1 rings (SSSR count). The molecule has 86 valence electrons. The van der Waals surface area contributed by atoms with E-state index in [0.29, 0.717) is 0 Å². The maximum atomic E-state index is 12.9. The number of halogens is 5. The quantitative estimate of drug-likeness (QED) is 0.792. The molecule has 0 saturated carbocycles. The van der Waals surface area contributed by atoms with Crippen molar-refractivity contribution in [1.29, 1.82) is 0 Å². The van der Waals surface area contributed by atoms with E-state index in [1.165, 1.54) is 13.8 Å². The van der Waals surface area contributed by atoms with Crippen molar-refractivity contribution in [3.63, 3.8) is 0 Å². The lowest BCUT2D eigenvalue weighted by atomic mass is 10.0. The van der Waals surface area contributed by atoms with Crippen molar-refractivity contribution in [2.75, 3.05) is 0 Å². The average Bonchev–Trinajstić information content (AvgIpc) is 2.48. The maximum Gasteiger partial charge on any atom is 0.459 e. The largest absolute Gasteiger partial charge is 0.459 e. The van der Waals surface area contributed by atoms with Crippen LogP contribution in [-0.4, -0.2) is 21.6 Å². The Morgan fingerprint density at radius 1 is 1.13 bits per heavy atom. The van der Waals surface area contributed by atoms with Gasteiger partial charge in [-0.05, 0) is 5.92 Å². The van der Waals surface area contributed by atoms with Crippen LogP contribution in [0.4, 0.5) is 22.0 Å². The van der Waals surface area contributed by atoms with Gasteiger partial charge >= 0.3 is 12.1 Å². The molecule has 0 bridgehead atoms. The van der Waals surface area contributed by atoms with Crippen molar-refractivity contribution in [3.8, 4) is 0 Å². The van der Waals surface area contributed by atoms with Crippen LogP contribution in [0.2, 0.25) is 0 Å². The lowest BCUT2D eigenvalue weighted by Gasteiger charge is -2.18. The predicted octanol–water partition coefficient (Wildman–Crippen LogP) is 2.58. The Labute approximate surface area is 81.7 Å². The Morgan fingerprint density at radius 3 is 2.07 bits per heavy atom. The van der Waals surface area contributed by atoms with Gasteiger partial charge in [-0.2, -0.15) is 22.0 Å². The van der Waals surface area contributed by atoms with E-state index in [0.717, 1.165) is 0 Å². The summed E-state index contributed by atoms with van der Waals surface area (Å²) in [5.41, 5.74) is -1.66. The molecule has 0 aliphatic rings. The third-order valence-corrected chi connectivity index (χ3v) is 1.81. The molecule has 1 aromatic rings. The lowest BCUT2D eigenvalue weighted by molar-refractivity contribution is -0.291. The molecular formula is C7H8F5N3. The van der Waals surface area contributed by atoms with Gasteiger partial charge < -0.3 is 0 Å². The molecule has 8 heteroatoms. The molecule has 1 aromatic heterocycles. The third-order valence-electron chi connectivity index (χ3n) is 1.81. The zero-order chi connectivity index (χ0) is 11.9. The Bertz CT molecular complexity index is 341. The number of hydrogen-bond donors (Lipinski definition) is 1. The number of nitrogens with zero attached hydrogens (tertiary/aromatic N) is 2.